The van der Waals surface area contributed by atoms with Crippen molar-refractivity contribution < 1.29 is 9.18 Å². The third-order valence-corrected chi connectivity index (χ3v) is 4.05. The summed E-state index contributed by atoms with van der Waals surface area (Å²) in [6.07, 6.45) is 3.21. The molecule has 1 aromatic carbocycles. The zero-order chi connectivity index (χ0) is 17.8. The van der Waals surface area contributed by atoms with Crippen molar-refractivity contribution in [2.75, 3.05) is 0 Å². The summed E-state index contributed by atoms with van der Waals surface area (Å²) in [6.45, 7) is 1.83. The van der Waals surface area contributed by atoms with Crippen molar-refractivity contribution >= 4 is 17.5 Å². The van der Waals surface area contributed by atoms with Crippen LogP contribution in [0.1, 0.15) is 29.0 Å². The molecule has 0 saturated heterocycles. The number of aromatic nitrogens is 2. The molecule has 6 heteroatoms. The Morgan fingerprint density at radius 1 is 1.12 bits per heavy atom. The Morgan fingerprint density at radius 2 is 1.88 bits per heavy atom. The van der Waals surface area contributed by atoms with Gasteiger partial charge < -0.3 is 5.32 Å². The van der Waals surface area contributed by atoms with Crippen LogP contribution in [0.15, 0.2) is 60.9 Å². The molecule has 0 saturated carbocycles. The summed E-state index contributed by atoms with van der Waals surface area (Å²) in [4.78, 5) is 20.7. The Morgan fingerprint density at radius 3 is 2.52 bits per heavy atom. The predicted molar refractivity (Wildman–Crippen MR) is 94.8 cm³/mol. The molecule has 0 aliphatic heterocycles. The van der Waals surface area contributed by atoms with Gasteiger partial charge >= 0.3 is 0 Å². The molecule has 1 amide bonds. The predicted octanol–water partition coefficient (Wildman–Crippen LogP) is 4.43. The molecule has 0 fully saturated rings. The summed E-state index contributed by atoms with van der Waals surface area (Å²) in [6, 6.07) is 12.6. The lowest BCUT2D eigenvalue weighted by Gasteiger charge is -2.14. The molecule has 1 N–H and O–H groups in total. The number of hydrogen-bond donors (Lipinski definition) is 1. The summed E-state index contributed by atoms with van der Waals surface area (Å²) >= 11 is 6.11. The Hall–Kier alpha value is -2.79. The molecule has 0 aliphatic carbocycles. The van der Waals surface area contributed by atoms with Crippen LogP contribution in [-0.4, -0.2) is 15.9 Å². The Kier molecular flexibility index (Phi) is 5.05. The van der Waals surface area contributed by atoms with Crippen molar-refractivity contribution in [1.82, 2.24) is 15.3 Å². The van der Waals surface area contributed by atoms with E-state index in [1.807, 2.05) is 6.92 Å². The average Bonchev–Trinajstić information content (AvgIpc) is 2.63. The molecule has 2 aromatic heterocycles. The van der Waals surface area contributed by atoms with Gasteiger partial charge in [-0.15, -0.1) is 0 Å². The summed E-state index contributed by atoms with van der Waals surface area (Å²) in [5.41, 5.74) is 2.44. The molecule has 0 radical (unpaired) electrons. The first-order valence-corrected chi connectivity index (χ1v) is 8.05. The topological polar surface area (TPSA) is 54.9 Å². The van der Waals surface area contributed by atoms with Crippen LogP contribution in [0, 0.1) is 5.82 Å². The van der Waals surface area contributed by atoms with E-state index in [1.165, 1.54) is 12.1 Å². The van der Waals surface area contributed by atoms with E-state index >= 15 is 0 Å². The van der Waals surface area contributed by atoms with Crippen LogP contribution in [0.5, 0.6) is 0 Å². The third kappa shape index (κ3) is 4.00. The van der Waals surface area contributed by atoms with Crippen molar-refractivity contribution in [2.24, 2.45) is 0 Å². The van der Waals surface area contributed by atoms with E-state index < -0.39 is 0 Å². The third-order valence-electron chi connectivity index (χ3n) is 3.75. The Balaban J connectivity index is 1.72. The molecule has 3 rings (SSSR count). The molecule has 126 valence electrons. The van der Waals surface area contributed by atoms with E-state index in [-0.39, 0.29) is 23.5 Å². The number of amides is 1. The van der Waals surface area contributed by atoms with Gasteiger partial charge in [-0.3, -0.25) is 14.8 Å². The Labute approximate surface area is 149 Å². The van der Waals surface area contributed by atoms with Crippen LogP contribution in [0.4, 0.5) is 4.39 Å². The number of nitrogens with one attached hydrogen (secondary N) is 1. The smallest absolute Gasteiger partial charge is 0.270 e. The van der Waals surface area contributed by atoms with Crippen molar-refractivity contribution in [3.05, 3.63) is 83.0 Å². The maximum absolute atomic E-state index is 13.0. The van der Waals surface area contributed by atoms with Gasteiger partial charge in [0.05, 0.1) is 16.8 Å². The second-order valence-corrected chi connectivity index (χ2v) is 5.92. The van der Waals surface area contributed by atoms with Crippen LogP contribution in [0.3, 0.4) is 0 Å². The average molecular weight is 356 g/mol. The van der Waals surface area contributed by atoms with E-state index in [0.29, 0.717) is 10.7 Å². The van der Waals surface area contributed by atoms with E-state index in [9.17, 15) is 9.18 Å². The van der Waals surface area contributed by atoms with Crippen LogP contribution in [0.25, 0.3) is 11.3 Å². The number of rotatable bonds is 4. The number of carbonyl (C=O) groups is 1. The minimum absolute atomic E-state index is 0.264. The monoisotopic (exact) mass is 355 g/mol. The van der Waals surface area contributed by atoms with Crippen molar-refractivity contribution in [1.29, 1.82) is 0 Å². The second kappa shape index (κ2) is 7.40. The highest BCUT2D eigenvalue weighted by Gasteiger charge is 2.13. The highest BCUT2D eigenvalue weighted by molar-refractivity contribution is 6.33. The number of nitrogens with zero attached hydrogens (tertiary/aromatic N) is 2. The first kappa shape index (κ1) is 17.0. The molecule has 25 heavy (non-hydrogen) atoms. The van der Waals surface area contributed by atoms with Gasteiger partial charge in [0, 0.05) is 18.0 Å². The molecule has 0 aliphatic rings. The summed E-state index contributed by atoms with van der Waals surface area (Å²) < 4.78 is 13.0. The van der Waals surface area contributed by atoms with Crippen LogP contribution < -0.4 is 5.32 Å². The zero-order valence-electron chi connectivity index (χ0n) is 13.4. The van der Waals surface area contributed by atoms with Gasteiger partial charge in [0.25, 0.3) is 5.91 Å². The van der Waals surface area contributed by atoms with Gasteiger partial charge in [0.1, 0.15) is 11.5 Å². The van der Waals surface area contributed by atoms with Gasteiger partial charge in [-0.2, -0.15) is 0 Å². The number of carbonyl (C=O) groups excluding carboxylic acids is 1. The highest BCUT2D eigenvalue weighted by Crippen LogP contribution is 2.24. The SMILES string of the molecule is CC(NC(=O)c1ccc(-c2ncccc2Cl)cn1)c1ccc(F)cc1. The van der Waals surface area contributed by atoms with Gasteiger partial charge in [-0.1, -0.05) is 23.7 Å². The van der Waals surface area contributed by atoms with Gasteiger partial charge in [-0.25, -0.2) is 4.39 Å². The standard InChI is InChI=1S/C19H15ClFN3O/c1-12(13-4-7-15(21)8-5-13)24-19(25)17-9-6-14(11-23-17)18-16(20)3-2-10-22-18/h2-12H,1H3,(H,24,25). The molecular weight excluding hydrogens is 341 g/mol. The first-order chi connectivity index (χ1) is 12.0. The minimum atomic E-state index is -0.312. The lowest BCUT2D eigenvalue weighted by molar-refractivity contribution is 0.0935. The van der Waals surface area contributed by atoms with Gasteiger partial charge in [-0.05, 0) is 48.9 Å². The molecule has 2 heterocycles. The van der Waals surface area contributed by atoms with Crippen molar-refractivity contribution in [3.63, 3.8) is 0 Å². The molecule has 1 unspecified atom stereocenters. The lowest BCUT2D eigenvalue weighted by atomic mass is 10.1. The van der Waals surface area contributed by atoms with Crippen LogP contribution in [0.2, 0.25) is 5.02 Å². The fourth-order valence-electron chi connectivity index (χ4n) is 2.37. The summed E-state index contributed by atoms with van der Waals surface area (Å²) in [5, 5.41) is 3.36. The first-order valence-electron chi connectivity index (χ1n) is 7.68. The molecule has 0 bridgehead atoms. The van der Waals surface area contributed by atoms with E-state index in [1.54, 1.807) is 48.8 Å². The van der Waals surface area contributed by atoms with Crippen molar-refractivity contribution in [2.45, 2.75) is 13.0 Å². The fraction of sp³-hybridized carbons (Fsp3) is 0.105. The number of halogens is 2. The van der Waals surface area contributed by atoms with Gasteiger partial charge in [0.15, 0.2) is 0 Å². The van der Waals surface area contributed by atoms with E-state index in [4.69, 9.17) is 11.6 Å². The summed E-state index contributed by atoms with van der Waals surface area (Å²) in [7, 11) is 0. The molecule has 0 spiro atoms. The molecule has 4 nitrogen and oxygen atoms in total. The van der Waals surface area contributed by atoms with Crippen LogP contribution in [-0.2, 0) is 0 Å². The number of benzene rings is 1. The fourth-order valence-corrected chi connectivity index (χ4v) is 2.60. The normalized spacial score (nSPS) is 11.8. The molecule has 3 aromatic rings. The minimum Gasteiger partial charge on any atom is -0.344 e. The maximum atomic E-state index is 13.0. The maximum Gasteiger partial charge on any atom is 0.270 e. The zero-order valence-corrected chi connectivity index (χ0v) is 14.2. The van der Waals surface area contributed by atoms with E-state index in [2.05, 4.69) is 15.3 Å². The lowest BCUT2D eigenvalue weighted by Crippen LogP contribution is -2.27. The number of hydrogen-bond acceptors (Lipinski definition) is 3. The van der Waals surface area contributed by atoms with Gasteiger partial charge in [0.2, 0.25) is 0 Å². The molecule has 1 atom stereocenters. The highest BCUT2D eigenvalue weighted by atomic mass is 35.5. The van der Waals surface area contributed by atoms with E-state index in [0.717, 1.165) is 11.1 Å². The summed E-state index contributed by atoms with van der Waals surface area (Å²) in [5.74, 6) is -0.622. The second-order valence-electron chi connectivity index (χ2n) is 5.51. The van der Waals surface area contributed by atoms with Crippen molar-refractivity contribution in [3.8, 4) is 11.3 Å². The van der Waals surface area contributed by atoms with Crippen LogP contribution >= 0.6 is 11.6 Å². The largest absolute Gasteiger partial charge is 0.344 e. The number of pyridine rings is 2. The molecular formula is C19H15ClFN3O. The Bertz CT molecular complexity index is 882. The quantitative estimate of drug-likeness (QED) is 0.753.